The fourth-order valence-corrected chi connectivity index (χ4v) is 1.70. The normalized spacial score (nSPS) is 12.5. The molecule has 0 saturated heterocycles. The third-order valence-corrected chi connectivity index (χ3v) is 2.95. The highest BCUT2D eigenvalue weighted by Gasteiger charge is 2.03. The Bertz CT molecular complexity index is 106. The molecule has 58 valence electrons. The fourth-order valence-electron chi connectivity index (χ4n) is 0.707. The van der Waals surface area contributed by atoms with Crippen LogP contribution < -0.4 is 0 Å². The second-order valence-corrected chi connectivity index (χ2v) is 3.67. The van der Waals surface area contributed by atoms with Crippen molar-refractivity contribution >= 4 is 11.8 Å². The number of nitrogens with zero attached hydrogens (tertiary/aromatic N) is 1. The van der Waals surface area contributed by atoms with E-state index in [1.165, 1.54) is 12.2 Å². The van der Waals surface area contributed by atoms with E-state index < -0.39 is 0 Å². The van der Waals surface area contributed by atoms with Crippen molar-refractivity contribution in [3.8, 4) is 6.07 Å². The molecule has 0 spiro atoms. The Balaban J connectivity index is 3.32. The van der Waals surface area contributed by atoms with E-state index in [0.29, 0.717) is 11.7 Å². The molecule has 0 bridgehead atoms. The Morgan fingerprint density at radius 3 is 2.60 bits per heavy atom. The minimum atomic E-state index is 0.574. The monoisotopic (exact) mass is 157 g/mol. The number of nitriles is 1. The number of hydrogen-bond acceptors (Lipinski definition) is 2. The highest BCUT2D eigenvalue weighted by molar-refractivity contribution is 7.99. The van der Waals surface area contributed by atoms with Gasteiger partial charge in [0.2, 0.25) is 0 Å². The Hall–Kier alpha value is -0.160. The Labute approximate surface area is 67.8 Å². The number of rotatable bonds is 5. The summed E-state index contributed by atoms with van der Waals surface area (Å²) >= 11 is 1.92. The molecule has 0 radical (unpaired) electrons. The van der Waals surface area contributed by atoms with E-state index in [4.69, 9.17) is 5.26 Å². The molecule has 0 aromatic carbocycles. The maximum atomic E-state index is 8.40. The van der Waals surface area contributed by atoms with Crippen LogP contribution >= 0.6 is 11.8 Å². The average molecular weight is 157 g/mol. The van der Waals surface area contributed by atoms with Crippen molar-refractivity contribution in [2.75, 3.05) is 5.75 Å². The van der Waals surface area contributed by atoms with Crippen LogP contribution in [0.1, 0.15) is 33.1 Å². The summed E-state index contributed by atoms with van der Waals surface area (Å²) < 4.78 is 0. The molecule has 0 aliphatic carbocycles. The van der Waals surface area contributed by atoms with E-state index in [0.717, 1.165) is 6.42 Å². The topological polar surface area (TPSA) is 23.8 Å². The highest BCUT2D eigenvalue weighted by Crippen LogP contribution is 2.17. The molecule has 10 heavy (non-hydrogen) atoms. The van der Waals surface area contributed by atoms with Crippen LogP contribution in [0.3, 0.4) is 0 Å². The van der Waals surface area contributed by atoms with Crippen molar-refractivity contribution in [2.24, 2.45) is 0 Å². The summed E-state index contributed by atoms with van der Waals surface area (Å²) in [6, 6.07) is 2.21. The molecule has 0 fully saturated rings. The lowest BCUT2D eigenvalue weighted by atomic mass is 10.3. The molecule has 0 N–H and O–H groups in total. The first-order valence-corrected chi connectivity index (χ1v) is 4.88. The smallest absolute Gasteiger partial charge is 0.0633 e. The van der Waals surface area contributed by atoms with E-state index in [2.05, 4.69) is 19.9 Å². The van der Waals surface area contributed by atoms with E-state index in [-0.39, 0.29) is 0 Å². The summed E-state index contributed by atoms with van der Waals surface area (Å²) in [5, 5.41) is 8.98. The van der Waals surface area contributed by atoms with Gasteiger partial charge in [0.1, 0.15) is 0 Å². The largest absolute Gasteiger partial charge is 0.198 e. The number of thioether (sulfide) groups is 1. The van der Waals surface area contributed by atoms with Gasteiger partial charge in [0.25, 0.3) is 0 Å². The van der Waals surface area contributed by atoms with Crippen LogP contribution in [0.4, 0.5) is 0 Å². The van der Waals surface area contributed by atoms with Crippen molar-refractivity contribution in [3.63, 3.8) is 0 Å². The second-order valence-electron chi connectivity index (χ2n) is 2.26. The Kier molecular flexibility index (Phi) is 6.84. The fraction of sp³-hybridized carbons (Fsp3) is 0.875. The molecule has 1 atom stereocenters. The third-order valence-electron chi connectivity index (χ3n) is 1.33. The van der Waals surface area contributed by atoms with Gasteiger partial charge in [-0.1, -0.05) is 13.8 Å². The Morgan fingerprint density at radius 2 is 2.20 bits per heavy atom. The molecular weight excluding hydrogens is 142 g/mol. The van der Waals surface area contributed by atoms with Gasteiger partial charge in [-0.3, -0.25) is 0 Å². The summed E-state index contributed by atoms with van der Waals surface area (Å²) in [5.41, 5.74) is 0. The van der Waals surface area contributed by atoms with Gasteiger partial charge in [-0.05, 0) is 18.6 Å². The van der Waals surface area contributed by atoms with Crippen LogP contribution in [0.25, 0.3) is 0 Å². The lowest BCUT2D eigenvalue weighted by Gasteiger charge is -2.08. The molecule has 0 aliphatic rings. The van der Waals surface area contributed by atoms with Gasteiger partial charge >= 0.3 is 0 Å². The predicted molar refractivity (Wildman–Crippen MR) is 47.1 cm³/mol. The first-order chi connectivity index (χ1) is 4.85. The molecule has 0 amide bonds. The molecule has 0 aromatic heterocycles. The second kappa shape index (κ2) is 6.95. The minimum absolute atomic E-state index is 0.574. The zero-order valence-electron chi connectivity index (χ0n) is 6.76. The summed E-state index contributed by atoms with van der Waals surface area (Å²) in [6.07, 6.45) is 3.05. The molecule has 0 aromatic rings. The summed E-state index contributed by atoms with van der Waals surface area (Å²) in [5.74, 6) is 1.19. The molecule has 0 rings (SSSR count). The standard InChI is InChI=1S/C8H15NS/c1-3-7-10-8(4-2)5-6-9/h8H,3-5,7H2,1-2H3. The molecular formula is C8H15NS. The van der Waals surface area contributed by atoms with Crippen molar-refractivity contribution in [3.05, 3.63) is 0 Å². The van der Waals surface area contributed by atoms with Gasteiger partial charge in [-0.15, -0.1) is 0 Å². The molecule has 0 saturated carbocycles. The van der Waals surface area contributed by atoms with Crippen molar-refractivity contribution in [1.29, 1.82) is 5.26 Å². The SMILES string of the molecule is CCCSC(CC)CC#N. The maximum absolute atomic E-state index is 8.40. The molecule has 0 heterocycles. The maximum Gasteiger partial charge on any atom is 0.0633 e. The minimum Gasteiger partial charge on any atom is -0.198 e. The van der Waals surface area contributed by atoms with Crippen molar-refractivity contribution in [1.82, 2.24) is 0 Å². The lowest BCUT2D eigenvalue weighted by molar-refractivity contribution is 0.840. The van der Waals surface area contributed by atoms with Crippen molar-refractivity contribution < 1.29 is 0 Å². The van der Waals surface area contributed by atoms with Gasteiger partial charge in [-0.2, -0.15) is 17.0 Å². The van der Waals surface area contributed by atoms with Crippen LogP contribution in [0.15, 0.2) is 0 Å². The van der Waals surface area contributed by atoms with Crippen LogP contribution in [0.5, 0.6) is 0 Å². The highest BCUT2D eigenvalue weighted by atomic mass is 32.2. The van der Waals surface area contributed by atoms with E-state index in [1.54, 1.807) is 0 Å². The van der Waals surface area contributed by atoms with Crippen LogP contribution in [0.2, 0.25) is 0 Å². The summed E-state index contributed by atoms with van der Waals surface area (Å²) in [4.78, 5) is 0. The van der Waals surface area contributed by atoms with E-state index in [9.17, 15) is 0 Å². The Morgan fingerprint density at radius 1 is 1.50 bits per heavy atom. The van der Waals surface area contributed by atoms with Gasteiger partial charge in [0, 0.05) is 11.7 Å². The quantitative estimate of drug-likeness (QED) is 0.612. The summed E-state index contributed by atoms with van der Waals surface area (Å²) in [6.45, 7) is 4.32. The zero-order chi connectivity index (χ0) is 7.82. The van der Waals surface area contributed by atoms with Crippen LogP contribution in [-0.4, -0.2) is 11.0 Å². The van der Waals surface area contributed by atoms with E-state index in [1.807, 2.05) is 11.8 Å². The van der Waals surface area contributed by atoms with Gasteiger partial charge < -0.3 is 0 Å². The van der Waals surface area contributed by atoms with Crippen LogP contribution in [0, 0.1) is 11.3 Å². The lowest BCUT2D eigenvalue weighted by Crippen LogP contribution is -1.99. The van der Waals surface area contributed by atoms with Crippen LogP contribution in [-0.2, 0) is 0 Å². The van der Waals surface area contributed by atoms with Gasteiger partial charge in [0.05, 0.1) is 6.07 Å². The molecule has 1 unspecified atom stereocenters. The average Bonchev–Trinajstić information content (AvgIpc) is 1.98. The summed E-state index contributed by atoms with van der Waals surface area (Å²) in [7, 11) is 0. The molecule has 1 nitrogen and oxygen atoms in total. The first-order valence-electron chi connectivity index (χ1n) is 3.83. The van der Waals surface area contributed by atoms with Gasteiger partial charge in [0.15, 0.2) is 0 Å². The third kappa shape index (κ3) is 4.69. The molecule has 0 aliphatic heterocycles. The van der Waals surface area contributed by atoms with Crippen molar-refractivity contribution in [2.45, 2.75) is 38.4 Å². The number of hydrogen-bond donors (Lipinski definition) is 0. The first kappa shape index (κ1) is 9.84. The predicted octanol–water partition coefficient (Wildman–Crippen LogP) is 2.82. The van der Waals surface area contributed by atoms with E-state index >= 15 is 0 Å². The van der Waals surface area contributed by atoms with Gasteiger partial charge in [-0.25, -0.2) is 0 Å². The molecule has 2 heteroatoms. The zero-order valence-corrected chi connectivity index (χ0v) is 7.58.